The van der Waals surface area contributed by atoms with E-state index in [2.05, 4.69) is 5.32 Å². The average Bonchev–Trinajstić information content (AvgIpc) is 2.70. The van der Waals surface area contributed by atoms with Gasteiger partial charge in [0.2, 0.25) is 21.8 Å². The minimum Gasteiger partial charge on any atom is -0.355 e. The largest absolute Gasteiger partial charge is 0.355 e. The number of rotatable bonds is 9. The van der Waals surface area contributed by atoms with Gasteiger partial charge < -0.3 is 10.2 Å². The van der Waals surface area contributed by atoms with Crippen LogP contribution in [0.4, 0.5) is 5.69 Å². The van der Waals surface area contributed by atoms with E-state index in [9.17, 15) is 18.0 Å². The van der Waals surface area contributed by atoms with E-state index in [1.807, 2.05) is 44.2 Å². The third kappa shape index (κ3) is 6.82. The second-order valence-corrected chi connectivity index (χ2v) is 9.59. The molecule has 0 saturated carbocycles. The maximum Gasteiger partial charge on any atom is 0.244 e. The molecule has 168 valence electrons. The van der Waals surface area contributed by atoms with Crippen molar-refractivity contribution in [1.82, 2.24) is 10.2 Å². The summed E-state index contributed by atoms with van der Waals surface area (Å²) in [6.45, 7) is 7.52. The van der Waals surface area contributed by atoms with Gasteiger partial charge in [0.15, 0.2) is 0 Å². The van der Waals surface area contributed by atoms with Gasteiger partial charge in [0.1, 0.15) is 12.6 Å². The molecule has 2 rings (SSSR count). The number of anilines is 1. The van der Waals surface area contributed by atoms with Crippen molar-refractivity contribution in [1.29, 1.82) is 0 Å². The highest BCUT2D eigenvalue weighted by Gasteiger charge is 2.29. The van der Waals surface area contributed by atoms with E-state index >= 15 is 0 Å². The number of carbonyl (C=O) groups excluding carboxylic acids is 2. The number of benzene rings is 2. The summed E-state index contributed by atoms with van der Waals surface area (Å²) in [6.07, 6.45) is 1.07. The molecule has 2 amide bonds. The first-order valence-corrected chi connectivity index (χ1v) is 12.0. The van der Waals surface area contributed by atoms with Crippen LogP contribution in [0.1, 0.15) is 30.5 Å². The van der Waals surface area contributed by atoms with Crippen LogP contribution >= 0.6 is 0 Å². The molecule has 7 nitrogen and oxygen atoms in total. The van der Waals surface area contributed by atoms with Crippen molar-refractivity contribution in [3.63, 3.8) is 0 Å². The number of carbonyl (C=O) groups is 2. The van der Waals surface area contributed by atoms with Gasteiger partial charge >= 0.3 is 0 Å². The third-order valence-electron chi connectivity index (χ3n) is 4.96. The Bertz CT molecular complexity index is 1020. The van der Waals surface area contributed by atoms with Gasteiger partial charge in [-0.25, -0.2) is 8.42 Å². The minimum atomic E-state index is -3.71. The molecule has 2 aromatic rings. The predicted molar refractivity (Wildman–Crippen MR) is 123 cm³/mol. The van der Waals surface area contributed by atoms with Crippen LogP contribution in [0.5, 0.6) is 0 Å². The van der Waals surface area contributed by atoms with Gasteiger partial charge in [-0.3, -0.25) is 13.9 Å². The minimum absolute atomic E-state index is 0.197. The highest BCUT2D eigenvalue weighted by Crippen LogP contribution is 2.20. The molecule has 0 heterocycles. The Balaban J connectivity index is 2.37. The zero-order chi connectivity index (χ0) is 23.2. The Hall–Kier alpha value is -2.87. The molecule has 0 aliphatic rings. The Kier molecular flexibility index (Phi) is 8.21. The number of amides is 2. The van der Waals surface area contributed by atoms with E-state index in [1.54, 1.807) is 32.0 Å². The van der Waals surface area contributed by atoms with Gasteiger partial charge in [-0.15, -0.1) is 0 Å². The van der Waals surface area contributed by atoms with Crippen molar-refractivity contribution < 1.29 is 18.0 Å². The quantitative estimate of drug-likeness (QED) is 0.643. The van der Waals surface area contributed by atoms with E-state index < -0.39 is 28.5 Å². The first-order valence-electron chi connectivity index (χ1n) is 10.2. The number of nitrogens with zero attached hydrogens (tertiary/aromatic N) is 2. The van der Waals surface area contributed by atoms with E-state index in [-0.39, 0.29) is 12.5 Å². The summed E-state index contributed by atoms with van der Waals surface area (Å²) >= 11 is 0. The van der Waals surface area contributed by atoms with Crippen LogP contribution < -0.4 is 9.62 Å². The van der Waals surface area contributed by atoms with Gasteiger partial charge in [0.25, 0.3) is 0 Å². The number of hydrogen-bond acceptors (Lipinski definition) is 4. The van der Waals surface area contributed by atoms with E-state index in [0.717, 1.165) is 27.3 Å². The van der Waals surface area contributed by atoms with Crippen LogP contribution in [0.15, 0.2) is 48.5 Å². The molecule has 0 aliphatic heterocycles. The molecule has 2 aromatic carbocycles. The van der Waals surface area contributed by atoms with E-state index in [4.69, 9.17) is 0 Å². The molecule has 1 N–H and O–H groups in total. The van der Waals surface area contributed by atoms with Crippen LogP contribution in [0.2, 0.25) is 0 Å². The molecule has 0 aromatic heterocycles. The topological polar surface area (TPSA) is 86.8 Å². The highest BCUT2D eigenvalue weighted by molar-refractivity contribution is 7.92. The van der Waals surface area contributed by atoms with Crippen molar-refractivity contribution in [2.24, 2.45) is 0 Å². The highest BCUT2D eigenvalue weighted by atomic mass is 32.2. The number of sulfonamides is 1. The molecule has 0 saturated heterocycles. The molecule has 0 aliphatic carbocycles. The maximum absolute atomic E-state index is 13.3. The zero-order valence-electron chi connectivity index (χ0n) is 18.8. The molecule has 8 heteroatoms. The zero-order valence-corrected chi connectivity index (χ0v) is 19.6. The molecule has 0 fully saturated rings. The first kappa shape index (κ1) is 24.4. The lowest BCUT2D eigenvalue weighted by molar-refractivity contribution is -0.139. The van der Waals surface area contributed by atoms with Gasteiger partial charge in [-0.2, -0.15) is 0 Å². The van der Waals surface area contributed by atoms with Crippen LogP contribution in [0.25, 0.3) is 0 Å². The summed E-state index contributed by atoms with van der Waals surface area (Å²) in [5, 5.41) is 2.73. The fourth-order valence-electron chi connectivity index (χ4n) is 3.19. The normalized spacial score (nSPS) is 12.2. The van der Waals surface area contributed by atoms with Crippen molar-refractivity contribution in [3.8, 4) is 0 Å². The lowest BCUT2D eigenvalue weighted by Crippen LogP contribution is -2.51. The Morgan fingerprint density at radius 2 is 1.68 bits per heavy atom. The third-order valence-corrected chi connectivity index (χ3v) is 6.10. The SMILES string of the molecule is CCNC(=O)C(C)N(Cc1ccc(C)cc1)C(=O)CN(c1cccc(C)c1)S(C)(=O)=O. The van der Waals surface area contributed by atoms with Crippen LogP contribution in [-0.2, 0) is 26.2 Å². The summed E-state index contributed by atoms with van der Waals surface area (Å²) in [4.78, 5) is 27.2. The van der Waals surface area contributed by atoms with Crippen LogP contribution in [-0.4, -0.2) is 50.5 Å². The van der Waals surface area contributed by atoms with E-state index in [1.165, 1.54) is 4.90 Å². The van der Waals surface area contributed by atoms with Gasteiger partial charge in [0, 0.05) is 13.1 Å². The molecule has 0 radical (unpaired) electrons. The van der Waals surface area contributed by atoms with Crippen LogP contribution in [0, 0.1) is 13.8 Å². The fourth-order valence-corrected chi connectivity index (χ4v) is 4.03. The lowest BCUT2D eigenvalue weighted by atomic mass is 10.1. The average molecular weight is 446 g/mol. The molecular formula is C23H31N3O4S. The van der Waals surface area contributed by atoms with Crippen molar-refractivity contribution in [2.75, 3.05) is 23.7 Å². The summed E-state index contributed by atoms with van der Waals surface area (Å²) in [5.41, 5.74) is 3.24. The second-order valence-electron chi connectivity index (χ2n) is 7.69. The van der Waals surface area contributed by atoms with Crippen LogP contribution in [0.3, 0.4) is 0 Å². The number of aryl methyl sites for hydroxylation is 2. The van der Waals surface area contributed by atoms with Crippen molar-refractivity contribution in [2.45, 2.75) is 40.3 Å². The fraction of sp³-hybridized carbons (Fsp3) is 0.391. The number of nitrogens with one attached hydrogen (secondary N) is 1. The Morgan fingerprint density at radius 1 is 1.03 bits per heavy atom. The Labute approximate surface area is 185 Å². The van der Waals surface area contributed by atoms with Gasteiger partial charge in [0.05, 0.1) is 11.9 Å². The monoisotopic (exact) mass is 445 g/mol. The number of hydrogen-bond donors (Lipinski definition) is 1. The maximum atomic E-state index is 13.3. The van der Waals surface area contributed by atoms with E-state index in [0.29, 0.717) is 12.2 Å². The smallest absolute Gasteiger partial charge is 0.244 e. The first-order chi connectivity index (χ1) is 14.5. The standard InChI is InChI=1S/C23H31N3O4S/c1-6-24-23(28)19(4)25(15-20-12-10-17(2)11-13-20)22(27)16-26(31(5,29)30)21-9-7-8-18(3)14-21/h7-14,19H,6,15-16H2,1-5H3,(H,24,28). The van der Waals surface area contributed by atoms with Gasteiger partial charge in [-0.05, 0) is 51.0 Å². The lowest BCUT2D eigenvalue weighted by Gasteiger charge is -2.31. The summed E-state index contributed by atoms with van der Waals surface area (Å²) in [6, 6.07) is 13.9. The molecule has 0 bridgehead atoms. The molecule has 31 heavy (non-hydrogen) atoms. The number of likely N-dealkylation sites (N-methyl/N-ethyl adjacent to an activating group) is 1. The molecule has 1 unspecified atom stereocenters. The molecule has 1 atom stereocenters. The summed E-state index contributed by atoms with van der Waals surface area (Å²) in [7, 11) is -3.71. The molecular weight excluding hydrogens is 414 g/mol. The Morgan fingerprint density at radius 3 is 2.23 bits per heavy atom. The summed E-state index contributed by atoms with van der Waals surface area (Å²) < 4.78 is 26.0. The van der Waals surface area contributed by atoms with Crippen molar-refractivity contribution >= 4 is 27.5 Å². The predicted octanol–water partition coefficient (Wildman–Crippen LogP) is 2.62. The van der Waals surface area contributed by atoms with Gasteiger partial charge in [-0.1, -0.05) is 42.0 Å². The second kappa shape index (κ2) is 10.4. The summed E-state index contributed by atoms with van der Waals surface area (Å²) in [5.74, 6) is -0.740. The molecule has 0 spiro atoms. The van der Waals surface area contributed by atoms with Crippen molar-refractivity contribution in [3.05, 3.63) is 65.2 Å².